The van der Waals surface area contributed by atoms with E-state index < -0.39 is 0 Å². The van der Waals surface area contributed by atoms with Gasteiger partial charge in [0.1, 0.15) is 11.6 Å². The van der Waals surface area contributed by atoms with Gasteiger partial charge in [-0.15, -0.1) is 0 Å². The van der Waals surface area contributed by atoms with E-state index >= 15 is 0 Å². The van der Waals surface area contributed by atoms with E-state index in [1.54, 1.807) is 6.07 Å². The summed E-state index contributed by atoms with van der Waals surface area (Å²) in [5.41, 5.74) is 3.61. The van der Waals surface area contributed by atoms with E-state index in [0.717, 1.165) is 22.5 Å². The zero-order valence-electron chi connectivity index (χ0n) is 11.2. The molecule has 0 aliphatic carbocycles. The summed E-state index contributed by atoms with van der Waals surface area (Å²) < 4.78 is 13.1. The largest absolute Gasteiger partial charge is 0.396 e. The normalized spacial score (nSPS) is 10.7. The summed E-state index contributed by atoms with van der Waals surface area (Å²) in [7, 11) is 0. The molecular weight excluding hydrogens is 243 g/mol. The fourth-order valence-corrected chi connectivity index (χ4v) is 2.19. The molecule has 19 heavy (non-hydrogen) atoms. The minimum Gasteiger partial charge on any atom is -0.396 e. The first kappa shape index (κ1) is 13.6. The van der Waals surface area contributed by atoms with Crippen molar-refractivity contribution in [3.63, 3.8) is 0 Å². The number of nitrogens with zero attached hydrogens (tertiary/aromatic N) is 2. The van der Waals surface area contributed by atoms with Crippen molar-refractivity contribution in [1.82, 2.24) is 9.97 Å². The summed E-state index contributed by atoms with van der Waals surface area (Å²) in [6.07, 6.45) is 1.08. The predicted molar refractivity (Wildman–Crippen MR) is 71.5 cm³/mol. The lowest BCUT2D eigenvalue weighted by atomic mass is 10.1. The van der Waals surface area contributed by atoms with E-state index in [0.29, 0.717) is 18.7 Å². The highest BCUT2D eigenvalue weighted by Crippen LogP contribution is 2.14. The van der Waals surface area contributed by atoms with Gasteiger partial charge in [-0.25, -0.2) is 14.4 Å². The van der Waals surface area contributed by atoms with Gasteiger partial charge in [-0.3, -0.25) is 0 Å². The second kappa shape index (κ2) is 5.89. The Hall–Kier alpha value is -1.81. The van der Waals surface area contributed by atoms with Crippen LogP contribution in [0, 0.1) is 19.7 Å². The van der Waals surface area contributed by atoms with Gasteiger partial charge in [0.05, 0.1) is 0 Å². The highest BCUT2D eigenvalue weighted by molar-refractivity contribution is 5.27. The van der Waals surface area contributed by atoms with Crippen molar-refractivity contribution in [3.05, 3.63) is 58.4 Å². The van der Waals surface area contributed by atoms with E-state index in [4.69, 9.17) is 5.11 Å². The van der Waals surface area contributed by atoms with Crippen molar-refractivity contribution in [2.45, 2.75) is 26.7 Å². The summed E-state index contributed by atoms with van der Waals surface area (Å²) in [6, 6.07) is 6.46. The predicted octanol–water partition coefficient (Wildman–Crippen LogP) is 2.36. The van der Waals surface area contributed by atoms with E-state index in [9.17, 15) is 4.39 Å². The Labute approximate surface area is 112 Å². The maximum Gasteiger partial charge on any atom is 0.133 e. The fraction of sp³-hybridized carbons (Fsp3) is 0.333. The van der Waals surface area contributed by atoms with Crippen molar-refractivity contribution < 1.29 is 9.50 Å². The average molecular weight is 260 g/mol. The molecule has 2 rings (SSSR count). The van der Waals surface area contributed by atoms with Crippen molar-refractivity contribution in [1.29, 1.82) is 0 Å². The molecule has 3 nitrogen and oxygen atoms in total. The SMILES string of the molecule is Cc1nc(Cc2cccc(F)c2)nc(C)c1CCO. The zero-order valence-corrected chi connectivity index (χ0v) is 11.2. The van der Waals surface area contributed by atoms with Gasteiger partial charge in [-0.2, -0.15) is 0 Å². The summed E-state index contributed by atoms with van der Waals surface area (Å²) in [5.74, 6) is 0.435. The van der Waals surface area contributed by atoms with Crippen LogP contribution in [0.25, 0.3) is 0 Å². The van der Waals surface area contributed by atoms with Crippen LogP contribution in [0.2, 0.25) is 0 Å². The van der Waals surface area contributed by atoms with Gasteiger partial charge in [0.15, 0.2) is 0 Å². The summed E-state index contributed by atoms with van der Waals surface area (Å²) in [4.78, 5) is 8.87. The number of hydrogen-bond acceptors (Lipinski definition) is 3. The van der Waals surface area contributed by atoms with Crippen molar-refractivity contribution in [2.24, 2.45) is 0 Å². The summed E-state index contributed by atoms with van der Waals surface area (Å²) in [5, 5.41) is 9.01. The molecule has 100 valence electrons. The average Bonchev–Trinajstić information content (AvgIpc) is 2.34. The molecular formula is C15H17FN2O. The second-order valence-corrected chi connectivity index (χ2v) is 4.57. The lowest BCUT2D eigenvalue weighted by Crippen LogP contribution is -2.07. The molecule has 0 atom stereocenters. The van der Waals surface area contributed by atoms with E-state index in [2.05, 4.69) is 9.97 Å². The molecule has 0 saturated carbocycles. The number of aryl methyl sites for hydroxylation is 2. The Morgan fingerprint density at radius 3 is 2.42 bits per heavy atom. The van der Waals surface area contributed by atoms with Crippen LogP contribution >= 0.6 is 0 Å². The highest BCUT2D eigenvalue weighted by atomic mass is 19.1. The van der Waals surface area contributed by atoms with Crippen molar-refractivity contribution in [2.75, 3.05) is 6.61 Å². The van der Waals surface area contributed by atoms with Gasteiger partial charge in [-0.05, 0) is 43.5 Å². The molecule has 0 spiro atoms. The Kier molecular flexibility index (Phi) is 4.22. The van der Waals surface area contributed by atoms with Gasteiger partial charge in [0, 0.05) is 24.4 Å². The van der Waals surface area contributed by atoms with Gasteiger partial charge in [-0.1, -0.05) is 12.1 Å². The number of rotatable bonds is 4. The summed E-state index contributed by atoms with van der Waals surface area (Å²) in [6.45, 7) is 3.91. The third-order valence-corrected chi connectivity index (χ3v) is 3.08. The Morgan fingerprint density at radius 1 is 1.16 bits per heavy atom. The maximum atomic E-state index is 13.1. The van der Waals surface area contributed by atoms with Crippen LogP contribution in [0.5, 0.6) is 0 Å². The Bertz CT molecular complexity index is 561. The number of halogens is 1. The van der Waals surface area contributed by atoms with Crippen LogP contribution in [-0.2, 0) is 12.8 Å². The van der Waals surface area contributed by atoms with Gasteiger partial charge >= 0.3 is 0 Å². The molecule has 1 N–H and O–H groups in total. The summed E-state index contributed by atoms with van der Waals surface area (Å²) >= 11 is 0. The third-order valence-electron chi connectivity index (χ3n) is 3.08. The first-order chi connectivity index (χ1) is 9.10. The first-order valence-electron chi connectivity index (χ1n) is 6.28. The number of aliphatic hydroxyl groups excluding tert-OH is 1. The van der Waals surface area contributed by atoms with E-state index in [1.165, 1.54) is 12.1 Å². The molecule has 0 amide bonds. The molecule has 1 heterocycles. The van der Waals surface area contributed by atoms with Gasteiger partial charge in [0.2, 0.25) is 0 Å². The molecule has 4 heteroatoms. The second-order valence-electron chi connectivity index (χ2n) is 4.57. The van der Waals surface area contributed by atoms with E-state index in [-0.39, 0.29) is 12.4 Å². The molecule has 0 fully saturated rings. The number of benzene rings is 1. The molecule has 0 saturated heterocycles. The van der Waals surface area contributed by atoms with Gasteiger partial charge < -0.3 is 5.11 Å². The molecule has 0 radical (unpaired) electrons. The molecule has 0 bridgehead atoms. The fourth-order valence-electron chi connectivity index (χ4n) is 2.19. The standard InChI is InChI=1S/C15H17FN2O/c1-10-14(6-7-19)11(2)18-15(17-10)9-12-4-3-5-13(16)8-12/h3-5,8,19H,6-7,9H2,1-2H3. The third kappa shape index (κ3) is 3.35. The van der Waals surface area contributed by atoms with Crippen LogP contribution in [0.15, 0.2) is 24.3 Å². The van der Waals surface area contributed by atoms with Crippen LogP contribution in [0.1, 0.15) is 28.3 Å². The molecule has 0 aliphatic rings. The Morgan fingerprint density at radius 2 is 1.84 bits per heavy atom. The lowest BCUT2D eigenvalue weighted by Gasteiger charge is -2.10. The van der Waals surface area contributed by atoms with Crippen molar-refractivity contribution in [3.8, 4) is 0 Å². The topological polar surface area (TPSA) is 46.0 Å². The quantitative estimate of drug-likeness (QED) is 0.918. The minimum atomic E-state index is -0.247. The number of hydrogen-bond donors (Lipinski definition) is 1. The van der Waals surface area contributed by atoms with Crippen molar-refractivity contribution >= 4 is 0 Å². The number of aliphatic hydroxyl groups is 1. The minimum absolute atomic E-state index is 0.0916. The van der Waals surface area contributed by atoms with Crippen LogP contribution in [0.3, 0.4) is 0 Å². The van der Waals surface area contributed by atoms with Crippen LogP contribution in [-0.4, -0.2) is 21.7 Å². The van der Waals surface area contributed by atoms with Gasteiger partial charge in [0.25, 0.3) is 0 Å². The molecule has 2 aromatic rings. The molecule has 0 unspecified atom stereocenters. The molecule has 0 aliphatic heterocycles. The lowest BCUT2D eigenvalue weighted by molar-refractivity contribution is 0.298. The van der Waals surface area contributed by atoms with Crippen LogP contribution in [0.4, 0.5) is 4.39 Å². The monoisotopic (exact) mass is 260 g/mol. The maximum absolute atomic E-state index is 13.1. The zero-order chi connectivity index (χ0) is 13.8. The number of aromatic nitrogens is 2. The highest BCUT2D eigenvalue weighted by Gasteiger charge is 2.08. The molecule has 1 aromatic carbocycles. The van der Waals surface area contributed by atoms with Crippen LogP contribution < -0.4 is 0 Å². The smallest absolute Gasteiger partial charge is 0.133 e. The Balaban J connectivity index is 2.27. The first-order valence-corrected chi connectivity index (χ1v) is 6.28. The van der Waals surface area contributed by atoms with E-state index in [1.807, 2.05) is 19.9 Å². The molecule has 1 aromatic heterocycles.